The lowest BCUT2D eigenvalue weighted by atomic mass is 9.47. The Morgan fingerprint density at radius 1 is 0.964 bits per heavy atom. The summed E-state index contributed by atoms with van der Waals surface area (Å²) in [6, 6.07) is 10.6. The molecule has 0 saturated heterocycles. The third-order valence-corrected chi connectivity index (χ3v) is 9.17. The molecular weight excluding hydrogens is 344 g/mol. The molecule has 5 rings (SSSR count). The second-order valence-electron chi connectivity index (χ2n) is 10.4. The van der Waals surface area contributed by atoms with E-state index >= 15 is 0 Å². The van der Waals surface area contributed by atoms with E-state index in [0.29, 0.717) is 17.3 Å². The summed E-state index contributed by atoms with van der Waals surface area (Å²) in [6.45, 7) is 5.74. The molecule has 0 bridgehead atoms. The molecule has 3 fully saturated rings. The van der Waals surface area contributed by atoms with Crippen molar-refractivity contribution in [2.45, 2.75) is 77.9 Å². The van der Waals surface area contributed by atoms with Gasteiger partial charge in [0.25, 0.3) is 0 Å². The van der Waals surface area contributed by atoms with E-state index in [0.717, 1.165) is 43.6 Å². The summed E-state index contributed by atoms with van der Waals surface area (Å²) >= 11 is 0. The number of rotatable bonds is 3. The molecule has 0 unspecified atom stereocenters. The van der Waals surface area contributed by atoms with E-state index in [1.807, 2.05) is 6.08 Å². The molecule has 3 saturated carbocycles. The quantitative estimate of drug-likeness (QED) is 0.635. The molecule has 2 heteroatoms. The van der Waals surface area contributed by atoms with Crippen molar-refractivity contribution in [2.24, 2.45) is 28.6 Å². The highest BCUT2D eigenvalue weighted by Gasteiger charge is 2.59. The van der Waals surface area contributed by atoms with Gasteiger partial charge in [-0.2, -0.15) is 0 Å². The Kier molecular flexibility index (Phi) is 4.54. The fraction of sp³-hybridized carbons (Fsp3) is 0.654. The summed E-state index contributed by atoms with van der Waals surface area (Å²) in [7, 11) is 0. The van der Waals surface area contributed by atoms with Gasteiger partial charge in [-0.3, -0.25) is 4.79 Å². The first-order valence-electron chi connectivity index (χ1n) is 11.4. The Balaban J connectivity index is 1.34. The third-order valence-electron chi connectivity index (χ3n) is 9.17. The van der Waals surface area contributed by atoms with Crippen LogP contribution in [0.3, 0.4) is 0 Å². The molecule has 4 aliphatic rings. The van der Waals surface area contributed by atoms with E-state index in [1.165, 1.54) is 43.2 Å². The van der Waals surface area contributed by atoms with Crippen molar-refractivity contribution in [1.82, 2.24) is 0 Å². The van der Waals surface area contributed by atoms with E-state index < -0.39 is 0 Å². The van der Waals surface area contributed by atoms with Gasteiger partial charge in [0, 0.05) is 6.42 Å². The van der Waals surface area contributed by atoms with Gasteiger partial charge in [-0.1, -0.05) is 49.8 Å². The van der Waals surface area contributed by atoms with Gasteiger partial charge in [0.1, 0.15) is 0 Å². The lowest BCUT2D eigenvalue weighted by molar-refractivity contribution is -0.119. The van der Waals surface area contributed by atoms with Gasteiger partial charge in [0.15, 0.2) is 5.78 Å². The van der Waals surface area contributed by atoms with E-state index in [2.05, 4.69) is 44.2 Å². The SMILES string of the molecule is C[C@]12CC[C@H]3[C@H](CCC4=CC(=O)CC[C@@]43C)[C@@H]1CC[C@@H]2OCc1ccccc1. The molecule has 6 atom stereocenters. The van der Waals surface area contributed by atoms with Crippen molar-refractivity contribution in [2.75, 3.05) is 0 Å². The van der Waals surface area contributed by atoms with E-state index in [9.17, 15) is 4.79 Å². The summed E-state index contributed by atoms with van der Waals surface area (Å²) in [5.74, 6) is 2.75. The van der Waals surface area contributed by atoms with Gasteiger partial charge in [0.05, 0.1) is 12.7 Å². The van der Waals surface area contributed by atoms with Crippen LogP contribution in [0.4, 0.5) is 0 Å². The average Bonchev–Trinajstić information content (AvgIpc) is 3.04. The van der Waals surface area contributed by atoms with Crippen molar-refractivity contribution >= 4 is 5.78 Å². The molecule has 1 aromatic rings. The Morgan fingerprint density at radius 2 is 1.79 bits per heavy atom. The van der Waals surface area contributed by atoms with Gasteiger partial charge in [0.2, 0.25) is 0 Å². The fourth-order valence-electron chi connectivity index (χ4n) is 7.56. The van der Waals surface area contributed by atoms with Crippen LogP contribution in [-0.2, 0) is 16.1 Å². The van der Waals surface area contributed by atoms with Crippen molar-refractivity contribution in [3.8, 4) is 0 Å². The highest BCUT2D eigenvalue weighted by Crippen LogP contribution is 2.65. The smallest absolute Gasteiger partial charge is 0.155 e. The Hall–Kier alpha value is -1.41. The lowest BCUT2D eigenvalue weighted by Gasteiger charge is -2.58. The molecular formula is C26H34O2. The Bertz CT molecular complexity index is 781. The van der Waals surface area contributed by atoms with Crippen molar-refractivity contribution < 1.29 is 9.53 Å². The molecule has 0 radical (unpaired) electrons. The van der Waals surface area contributed by atoms with E-state index in [1.54, 1.807) is 0 Å². The van der Waals surface area contributed by atoms with Gasteiger partial charge in [-0.15, -0.1) is 0 Å². The molecule has 0 spiro atoms. The standard InChI is InChI=1S/C26H34O2/c1-25-14-12-20(27)16-19(25)8-9-21-22-10-11-24(26(22,2)15-13-23(21)25)28-17-18-6-4-3-5-7-18/h3-7,16,21-24H,8-15,17H2,1-2H3/t21-,22+,23+,24+,25+,26+/m1/s1. The van der Waals surface area contributed by atoms with Crippen LogP contribution >= 0.6 is 0 Å². The normalized spacial score (nSPS) is 42.4. The number of hydrogen-bond acceptors (Lipinski definition) is 2. The first-order valence-corrected chi connectivity index (χ1v) is 11.4. The maximum Gasteiger partial charge on any atom is 0.155 e. The van der Waals surface area contributed by atoms with Crippen molar-refractivity contribution in [3.63, 3.8) is 0 Å². The molecule has 1 aromatic carbocycles. The number of ketones is 1. The molecule has 4 aliphatic carbocycles. The molecule has 28 heavy (non-hydrogen) atoms. The molecule has 150 valence electrons. The van der Waals surface area contributed by atoms with Gasteiger partial charge < -0.3 is 4.74 Å². The number of hydrogen-bond donors (Lipinski definition) is 0. The highest BCUT2D eigenvalue weighted by molar-refractivity contribution is 5.91. The highest BCUT2D eigenvalue weighted by atomic mass is 16.5. The number of ether oxygens (including phenoxy) is 1. The van der Waals surface area contributed by atoms with Crippen LogP contribution in [0.15, 0.2) is 42.0 Å². The van der Waals surface area contributed by atoms with Crippen molar-refractivity contribution in [1.29, 1.82) is 0 Å². The number of allylic oxidation sites excluding steroid dienone is 1. The summed E-state index contributed by atoms with van der Waals surface area (Å²) in [5, 5.41) is 0. The Morgan fingerprint density at radius 3 is 2.61 bits per heavy atom. The fourth-order valence-corrected chi connectivity index (χ4v) is 7.56. The second-order valence-corrected chi connectivity index (χ2v) is 10.4. The first-order chi connectivity index (χ1) is 13.5. The van der Waals surface area contributed by atoms with Gasteiger partial charge in [-0.05, 0) is 85.2 Å². The van der Waals surface area contributed by atoms with Crippen LogP contribution in [0.2, 0.25) is 0 Å². The molecule has 0 amide bonds. The summed E-state index contributed by atoms with van der Waals surface area (Å²) in [6.07, 6.45) is 11.8. The minimum absolute atomic E-state index is 0.279. The van der Waals surface area contributed by atoms with Crippen LogP contribution < -0.4 is 0 Å². The van der Waals surface area contributed by atoms with Crippen LogP contribution in [-0.4, -0.2) is 11.9 Å². The largest absolute Gasteiger partial charge is 0.373 e. The predicted octanol–water partition coefficient (Wildman–Crippen LogP) is 6.10. The van der Waals surface area contributed by atoms with Gasteiger partial charge >= 0.3 is 0 Å². The number of carbonyl (C=O) groups is 1. The molecule has 0 aliphatic heterocycles. The summed E-state index contributed by atoms with van der Waals surface area (Å²) in [4.78, 5) is 12.0. The van der Waals surface area contributed by atoms with Crippen LogP contribution in [0.25, 0.3) is 0 Å². The third kappa shape index (κ3) is 2.83. The second kappa shape index (κ2) is 6.83. The topological polar surface area (TPSA) is 26.3 Å². The zero-order valence-corrected chi connectivity index (χ0v) is 17.5. The molecule has 0 N–H and O–H groups in total. The maximum absolute atomic E-state index is 12.0. The van der Waals surface area contributed by atoms with E-state index in [4.69, 9.17) is 4.74 Å². The molecule has 2 nitrogen and oxygen atoms in total. The minimum Gasteiger partial charge on any atom is -0.373 e. The van der Waals surface area contributed by atoms with Crippen molar-refractivity contribution in [3.05, 3.63) is 47.5 Å². The van der Waals surface area contributed by atoms with Crippen LogP contribution in [0.5, 0.6) is 0 Å². The monoisotopic (exact) mass is 378 g/mol. The van der Waals surface area contributed by atoms with Crippen LogP contribution in [0, 0.1) is 28.6 Å². The maximum atomic E-state index is 12.0. The number of carbonyl (C=O) groups excluding carboxylic acids is 1. The zero-order valence-electron chi connectivity index (χ0n) is 17.5. The average molecular weight is 379 g/mol. The van der Waals surface area contributed by atoms with E-state index in [-0.39, 0.29) is 5.41 Å². The molecule has 0 aromatic heterocycles. The molecule has 0 heterocycles. The lowest BCUT2D eigenvalue weighted by Crippen LogP contribution is -2.51. The number of benzene rings is 1. The van der Waals surface area contributed by atoms with Crippen LogP contribution in [0.1, 0.15) is 70.8 Å². The summed E-state index contributed by atoms with van der Waals surface area (Å²) < 4.78 is 6.53. The minimum atomic E-state index is 0.279. The number of fused-ring (bicyclic) bond motifs is 5. The predicted molar refractivity (Wildman–Crippen MR) is 112 cm³/mol. The zero-order chi connectivity index (χ0) is 19.4. The Labute approximate surface area is 169 Å². The van der Waals surface area contributed by atoms with Gasteiger partial charge in [-0.25, -0.2) is 0 Å². The first kappa shape index (κ1) is 18.6. The summed E-state index contributed by atoms with van der Waals surface area (Å²) in [5.41, 5.74) is 3.37.